The molecule has 3 heteroatoms. The lowest BCUT2D eigenvalue weighted by Gasteiger charge is -2.39. The molecule has 1 aliphatic rings. The Morgan fingerprint density at radius 1 is 1.20 bits per heavy atom. The molecule has 0 heterocycles. The molecule has 1 fully saturated rings. The Kier molecular flexibility index (Phi) is 3.98. The topological polar surface area (TPSA) is 54.4 Å². The van der Waals surface area contributed by atoms with Gasteiger partial charge in [0.2, 0.25) is 0 Å². The maximum absolute atomic E-state index is 11.9. The number of ketones is 1. The van der Waals surface area contributed by atoms with Crippen LogP contribution in [0.2, 0.25) is 0 Å². The summed E-state index contributed by atoms with van der Waals surface area (Å²) >= 11 is 0. The highest BCUT2D eigenvalue weighted by Crippen LogP contribution is 2.46. The van der Waals surface area contributed by atoms with Crippen LogP contribution in [0.5, 0.6) is 0 Å². The minimum Gasteiger partial charge on any atom is -0.475 e. The zero-order chi connectivity index (χ0) is 14.9. The zero-order valence-corrected chi connectivity index (χ0v) is 12.3. The summed E-state index contributed by atoms with van der Waals surface area (Å²) in [4.78, 5) is 22.8. The van der Waals surface area contributed by atoms with Crippen molar-refractivity contribution in [2.75, 3.05) is 0 Å². The number of carboxylic acids is 1. The van der Waals surface area contributed by atoms with E-state index in [4.69, 9.17) is 5.11 Å². The molecule has 0 radical (unpaired) electrons. The van der Waals surface area contributed by atoms with E-state index in [1.165, 1.54) is 6.42 Å². The number of carbonyl (C=O) groups is 2. The first-order valence-corrected chi connectivity index (χ1v) is 7.17. The molecule has 0 amide bonds. The summed E-state index contributed by atoms with van der Waals surface area (Å²) in [5, 5.41) is 8.96. The van der Waals surface area contributed by atoms with E-state index in [0.29, 0.717) is 11.5 Å². The molecule has 0 spiro atoms. The SMILES string of the molecule is CC1CC(c2ccccc2C(=O)C(=O)O)CC(C)(C)C1. The minimum atomic E-state index is -1.37. The van der Waals surface area contributed by atoms with E-state index >= 15 is 0 Å². The molecule has 1 aromatic rings. The standard InChI is InChI=1S/C17H22O3/c1-11-8-12(10-17(2,3)9-11)13-6-4-5-7-14(13)15(18)16(19)20/h4-7,11-12H,8-10H2,1-3H3,(H,19,20). The Morgan fingerprint density at radius 3 is 2.45 bits per heavy atom. The molecule has 1 aromatic carbocycles. The zero-order valence-electron chi connectivity index (χ0n) is 12.3. The van der Waals surface area contributed by atoms with E-state index in [1.807, 2.05) is 12.1 Å². The lowest BCUT2D eigenvalue weighted by atomic mass is 9.65. The summed E-state index contributed by atoms with van der Waals surface area (Å²) in [7, 11) is 0. The van der Waals surface area contributed by atoms with Crippen molar-refractivity contribution >= 4 is 11.8 Å². The Morgan fingerprint density at radius 2 is 1.85 bits per heavy atom. The third-order valence-electron chi connectivity index (χ3n) is 4.23. The molecule has 0 aromatic heterocycles. The normalized spacial score (nSPS) is 25.1. The Bertz CT molecular complexity index is 531. The Hall–Kier alpha value is -1.64. The van der Waals surface area contributed by atoms with Gasteiger partial charge in [0.1, 0.15) is 0 Å². The molecule has 2 rings (SSSR count). The molecule has 1 saturated carbocycles. The van der Waals surface area contributed by atoms with Crippen LogP contribution < -0.4 is 0 Å². The van der Waals surface area contributed by atoms with E-state index in [2.05, 4.69) is 20.8 Å². The largest absolute Gasteiger partial charge is 0.475 e. The van der Waals surface area contributed by atoms with Gasteiger partial charge in [0, 0.05) is 5.56 Å². The van der Waals surface area contributed by atoms with Gasteiger partial charge < -0.3 is 5.11 Å². The first-order valence-electron chi connectivity index (χ1n) is 7.17. The first kappa shape index (κ1) is 14.8. The number of hydrogen-bond acceptors (Lipinski definition) is 2. The van der Waals surface area contributed by atoms with Gasteiger partial charge in [-0.15, -0.1) is 0 Å². The van der Waals surface area contributed by atoms with Crippen LogP contribution in [0.25, 0.3) is 0 Å². The molecular weight excluding hydrogens is 252 g/mol. The lowest BCUT2D eigenvalue weighted by molar-refractivity contribution is -0.131. The fraction of sp³-hybridized carbons (Fsp3) is 0.529. The maximum Gasteiger partial charge on any atom is 0.377 e. The molecular formula is C17H22O3. The molecule has 0 aliphatic heterocycles. The predicted octanol–water partition coefficient (Wildman–Crippen LogP) is 3.88. The van der Waals surface area contributed by atoms with Crippen LogP contribution in [0.15, 0.2) is 24.3 Å². The summed E-state index contributed by atoms with van der Waals surface area (Å²) in [6, 6.07) is 7.17. The molecule has 3 nitrogen and oxygen atoms in total. The quantitative estimate of drug-likeness (QED) is 0.672. The van der Waals surface area contributed by atoms with Gasteiger partial charge in [-0.05, 0) is 42.1 Å². The monoisotopic (exact) mass is 274 g/mol. The van der Waals surface area contributed by atoms with Crippen LogP contribution in [0, 0.1) is 11.3 Å². The fourth-order valence-corrected chi connectivity index (χ4v) is 3.76. The Balaban J connectivity index is 2.37. The van der Waals surface area contributed by atoms with Gasteiger partial charge in [0.15, 0.2) is 0 Å². The second-order valence-corrected chi connectivity index (χ2v) is 6.83. The molecule has 108 valence electrons. The average Bonchev–Trinajstić information content (AvgIpc) is 2.35. The van der Waals surface area contributed by atoms with Crippen molar-refractivity contribution in [3.8, 4) is 0 Å². The van der Waals surface area contributed by atoms with E-state index < -0.39 is 11.8 Å². The van der Waals surface area contributed by atoms with Gasteiger partial charge in [0.25, 0.3) is 5.78 Å². The van der Waals surface area contributed by atoms with Crippen molar-refractivity contribution in [3.05, 3.63) is 35.4 Å². The number of benzene rings is 1. The summed E-state index contributed by atoms with van der Waals surface area (Å²) in [5.41, 5.74) is 1.50. The molecule has 0 bridgehead atoms. The molecule has 0 saturated heterocycles. The van der Waals surface area contributed by atoms with E-state index in [9.17, 15) is 9.59 Å². The van der Waals surface area contributed by atoms with Gasteiger partial charge in [-0.1, -0.05) is 45.0 Å². The summed E-state index contributed by atoms with van der Waals surface area (Å²) < 4.78 is 0. The van der Waals surface area contributed by atoms with Crippen LogP contribution in [0.4, 0.5) is 0 Å². The van der Waals surface area contributed by atoms with Crippen molar-refractivity contribution in [3.63, 3.8) is 0 Å². The van der Waals surface area contributed by atoms with Crippen LogP contribution in [0.1, 0.15) is 61.9 Å². The van der Waals surface area contributed by atoms with Gasteiger partial charge in [-0.2, -0.15) is 0 Å². The second-order valence-electron chi connectivity index (χ2n) is 6.83. The predicted molar refractivity (Wildman–Crippen MR) is 77.9 cm³/mol. The highest BCUT2D eigenvalue weighted by molar-refractivity contribution is 6.40. The van der Waals surface area contributed by atoms with Crippen LogP contribution in [0.3, 0.4) is 0 Å². The third kappa shape index (κ3) is 3.09. The second kappa shape index (κ2) is 5.39. The lowest BCUT2D eigenvalue weighted by Crippen LogP contribution is -2.28. The van der Waals surface area contributed by atoms with Gasteiger partial charge in [-0.25, -0.2) is 4.79 Å². The van der Waals surface area contributed by atoms with Crippen molar-refractivity contribution in [2.24, 2.45) is 11.3 Å². The number of carboxylic acid groups (broad SMARTS) is 1. The Labute approximate surface area is 120 Å². The fourth-order valence-electron chi connectivity index (χ4n) is 3.76. The highest BCUT2D eigenvalue weighted by atomic mass is 16.4. The van der Waals surface area contributed by atoms with E-state index in [1.54, 1.807) is 12.1 Å². The number of hydrogen-bond donors (Lipinski definition) is 1. The van der Waals surface area contributed by atoms with E-state index in [-0.39, 0.29) is 11.3 Å². The number of Topliss-reactive ketones (excluding diaryl/α,β-unsaturated/α-hetero) is 1. The van der Waals surface area contributed by atoms with Crippen molar-refractivity contribution in [1.82, 2.24) is 0 Å². The molecule has 2 atom stereocenters. The average molecular weight is 274 g/mol. The number of carbonyl (C=O) groups excluding carboxylic acids is 1. The highest BCUT2D eigenvalue weighted by Gasteiger charge is 2.34. The summed E-state index contributed by atoms with van der Waals surface area (Å²) in [6.07, 6.45) is 3.20. The molecule has 1 N–H and O–H groups in total. The summed E-state index contributed by atoms with van der Waals surface area (Å²) in [5.74, 6) is -1.30. The van der Waals surface area contributed by atoms with E-state index in [0.717, 1.165) is 18.4 Å². The summed E-state index contributed by atoms with van der Waals surface area (Å²) in [6.45, 7) is 6.73. The van der Waals surface area contributed by atoms with Crippen LogP contribution in [-0.4, -0.2) is 16.9 Å². The van der Waals surface area contributed by atoms with Gasteiger partial charge in [0.05, 0.1) is 0 Å². The van der Waals surface area contributed by atoms with Crippen molar-refractivity contribution in [2.45, 2.75) is 46.0 Å². The minimum absolute atomic E-state index is 0.238. The number of aliphatic carboxylic acids is 1. The smallest absolute Gasteiger partial charge is 0.377 e. The molecule has 2 unspecified atom stereocenters. The van der Waals surface area contributed by atoms with Crippen LogP contribution >= 0.6 is 0 Å². The van der Waals surface area contributed by atoms with Gasteiger partial charge >= 0.3 is 5.97 Å². The van der Waals surface area contributed by atoms with Crippen LogP contribution in [-0.2, 0) is 4.79 Å². The number of rotatable bonds is 3. The first-order chi connectivity index (χ1) is 9.30. The van der Waals surface area contributed by atoms with Crippen molar-refractivity contribution < 1.29 is 14.7 Å². The van der Waals surface area contributed by atoms with Crippen molar-refractivity contribution in [1.29, 1.82) is 0 Å². The third-order valence-corrected chi connectivity index (χ3v) is 4.23. The molecule has 20 heavy (non-hydrogen) atoms. The molecule has 1 aliphatic carbocycles. The maximum atomic E-state index is 11.9. The van der Waals surface area contributed by atoms with Gasteiger partial charge in [-0.3, -0.25) is 4.79 Å².